The SMILES string of the molecule is O=C(O)CC1CCC(c2ccc(NC(=O)c3nnc(Nc4ccc(C(F)(F)F)cc4Br)o3)cc2)CC1. The van der Waals surface area contributed by atoms with Gasteiger partial charge in [-0.05, 0) is 89.3 Å². The topological polar surface area (TPSA) is 117 Å². The normalized spacial score (nSPS) is 18.0. The fourth-order valence-corrected chi connectivity index (χ4v) is 4.72. The van der Waals surface area contributed by atoms with E-state index in [1.807, 2.05) is 12.1 Å². The Morgan fingerprint density at radius 3 is 2.36 bits per heavy atom. The Kier molecular flexibility index (Phi) is 7.62. The summed E-state index contributed by atoms with van der Waals surface area (Å²) in [4.78, 5) is 23.4. The van der Waals surface area contributed by atoms with Gasteiger partial charge < -0.3 is 20.2 Å². The second-order valence-electron chi connectivity index (χ2n) is 8.62. The van der Waals surface area contributed by atoms with E-state index in [2.05, 4.69) is 36.8 Å². The second kappa shape index (κ2) is 10.7. The zero-order valence-electron chi connectivity index (χ0n) is 18.8. The van der Waals surface area contributed by atoms with E-state index in [1.165, 1.54) is 6.07 Å². The first-order valence-corrected chi connectivity index (χ1v) is 12.0. The molecular weight excluding hydrogens is 545 g/mol. The number of aliphatic carboxylic acids is 1. The summed E-state index contributed by atoms with van der Waals surface area (Å²) in [6, 6.07) is 10.3. The third-order valence-electron chi connectivity index (χ3n) is 6.11. The van der Waals surface area contributed by atoms with Crippen molar-refractivity contribution in [3.63, 3.8) is 0 Å². The van der Waals surface area contributed by atoms with Gasteiger partial charge in [-0.3, -0.25) is 9.59 Å². The molecule has 8 nitrogen and oxygen atoms in total. The molecule has 1 aromatic heterocycles. The third-order valence-corrected chi connectivity index (χ3v) is 6.76. The molecule has 1 amide bonds. The van der Waals surface area contributed by atoms with Crippen LogP contribution in [-0.2, 0) is 11.0 Å². The van der Waals surface area contributed by atoms with E-state index in [1.54, 1.807) is 12.1 Å². The van der Waals surface area contributed by atoms with Gasteiger partial charge >= 0.3 is 30.0 Å². The number of nitrogens with one attached hydrogen (secondary N) is 2. The minimum Gasteiger partial charge on any atom is -0.481 e. The van der Waals surface area contributed by atoms with Gasteiger partial charge in [-0.1, -0.05) is 17.2 Å². The van der Waals surface area contributed by atoms with Crippen molar-refractivity contribution in [2.75, 3.05) is 10.6 Å². The van der Waals surface area contributed by atoms with E-state index >= 15 is 0 Å². The van der Waals surface area contributed by atoms with Crippen molar-refractivity contribution >= 4 is 45.2 Å². The number of amides is 1. The van der Waals surface area contributed by atoms with Crippen molar-refractivity contribution in [2.24, 2.45) is 5.92 Å². The van der Waals surface area contributed by atoms with Gasteiger partial charge in [0.1, 0.15) is 0 Å². The zero-order valence-corrected chi connectivity index (χ0v) is 20.4. The Bertz CT molecular complexity index is 1240. The third kappa shape index (κ3) is 6.42. The number of halogens is 4. The molecule has 0 bridgehead atoms. The van der Waals surface area contributed by atoms with Gasteiger partial charge in [0.15, 0.2) is 0 Å². The number of rotatable bonds is 7. The Balaban J connectivity index is 1.33. The Labute approximate surface area is 212 Å². The van der Waals surface area contributed by atoms with Gasteiger partial charge in [-0.2, -0.15) is 13.2 Å². The molecule has 1 fully saturated rings. The molecule has 1 heterocycles. The van der Waals surface area contributed by atoms with E-state index in [0.29, 0.717) is 11.6 Å². The van der Waals surface area contributed by atoms with Crippen LogP contribution in [0.25, 0.3) is 0 Å². The zero-order chi connectivity index (χ0) is 25.9. The van der Waals surface area contributed by atoms with Crippen LogP contribution in [0.1, 0.15) is 59.8 Å². The number of hydrogen-bond donors (Lipinski definition) is 3. The summed E-state index contributed by atoms with van der Waals surface area (Å²) in [6.07, 6.45) is -0.645. The summed E-state index contributed by atoms with van der Waals surface area (Å²) in [6.45, 7) is 0. The van der Waals surface area contributed by atoms with Crippen LogP contribution in [0.15, 0.2) is 51.4 Å². The van der Waals surface area contributed by atoms with Crippen LogP contribution in [0.2, 0.25) is 0 Å². The quantitative estimate of drug-likeness (QED) is 0.295. The van der Waals surface area contributed by atoms with Crippen molar-refractivity contribution in [3.05, 3.63) is 64.0 Å². The summed E-state index contributed by atoms with van der Waals surface area (Å²) in [5, 5.41) is 21.7. The highest BCUT2D eigenvalue weighted by Crippen LogP contribution is 2.37. The number of carbonyl (C=O) groups is 2. The minimum absolute atomic E-state index is 0.136. The molecule has 4 rings (SSSR count). The highest BCUT2D eigenvalue weighted by molar-refractivity contribution is 9.10. The van der Waals surface area contributed by atoms with Crippen LogP contribution in [0.3, 0.4) is 0 Å². The molecule has 1 aliphatic rings. The molecule has 0 atom stereocenters. The maximum Gasteiger partial charge on any atom is 0.416 e. The first-order chi connectivity index (χ1) is 17.1. The molecule has 1 saturated carbocycles. The molecule has 3 aromatic rings. The molecule has 0 spiro atoms. The monoisotopic (exact) mass is 566 g/mol. The summed E-state index contributed by atoms with van der Waals surface area (Å²) >= 11 is 3.07. The predicted octanol–water partition coefficient (Wildman–Crippen LogP) is 6.60. The molecule has 3 N–H and O–H groups in total. The number of hydrogen-bond acceptors (Lipinski definition) is 6. The number of alkyl halides is 3. The van der Waals surface area contributed by atoms with E-state index in [9.17, 15) is 22.8 Å². The maximum atomic E-state index is 12.8. The number of aromatic nitrogens is 2. The smallest absolute Gasteiger partial charge is 0.416 e. The molecule has 1 aliphatic carbocycles. The van der Waals surface area contributed by atoms with Crippen molar-refractivity contribution < 1.29 is 32.3 Å². The summed E-state index contributed by atoms with van der Waals surface area (Å²) in [5.74, 6) is -1.12. The highest BCUT2D eigenvalue weighted by atomic mass is 79.9. The number of benzene rings is 2. The highest BCUT2D eigenvalue weighted by Gasteiger charge is 2.31. The van der Waals surface area contributed by atoms with Crippen molar-refractivity contribution in [2.45, 2.75) is 44.2 Å². The van der Waals surface area contributed by atoms with Crippen molar-refractivity contribution in [3.8, 4) is 0 Å². The van der Waals surface area contributed by atoms with Crippen LogP contribution < -0.4 is 10.6 Å². The lowest BCUT2D eigenvalue weighted by Crippen LogP contribution is -2.16. The number of nitrogens with zero attached hydrogens (tertiary/aromatic N) is 2. The average Bonchev–Trinajstić information content (AvgIpc) is 3.29. The predicted molar refractivity (Wildman–Crippen MR) is 128 cm³/mol. The molecule has 2 aromatic carbocycles. The van der Waals surface area contributed by atoms with Crippen molar-refractivity contribution in [1.82, 2.24) is 10.2 Å². The van der Waals surface area contributed by atoms with E-state index in [4.69, 9.17) is 9.52 Å². The molecule has 36 heavy (non-hydrogen) atoms. The van der Waals surface area contributed by atoms with Crippen LogP contribution in [0, 0.1) is 5.92 Å². The molecule has 190 valence electrons. The van der Waals surface area contributed by atoms with Gasteiger partial charge in [0.05, 0.1) is 11.3 Å². The Morgan fingerprint density at radius 2 is 1.75 bits per heavy atom. The Morgan fingerprint density at radius 1 is 1.06 bits per heavy atom. The lowest BCUT2D eigenvalue weighted by Gasteiger charge is -2.28. The molecule has 0 aliphatic heterocycles. The molecule has 12 heteroatoms. The molecule has 0 radical (unpaired) electrons. The second-order valence-corrected chi connectivity index (χ2v) is 9.48. The van der Waals surface area contributed by atoms with Gasteiger partial charge in [-0.15, -0.1) is 5.10 Å². The number of anilines is 3. The van der Waals surface area contributed by atoms with Crippen LogP contribution in [0.4, 0.5) is 30.6 Å². The molecule has 0 unspecified atom stereocenters. The fraction of sp³-hybridized carbons (Fsp3) is 0.333. The van der Waals surface area contributed by atoms with Gasteiger partial charge in [0.25, 0.3) is 0 Å². The standard InChI is InChI=1S/C24H22BrF3N4O4/c25-18-12-16(24(26,27)28)7-10-19(18)30-23-32-31-22(36-23)21(35)29-17-8-5-15(6-9-17)14-3-1-13(2-4-14)11-20(33)34/h5-10,12-14H,1-4,11H2,(H,29,35)(H,30,32)(H,33,34). The Hall–Kier alpha value is -3.41. The van der Waals surface area contributed by atoms with Gasteiger partial charge in [-0.25, -0.2) is 0 Å². The fourth-order valence-electron chi connectivity index (χ4n) is 4.24. The number of carboxylic acids is 1. The van der Waals surface area contributed by atoms with Crippen LogP contribution in [0.5, 0.6) is 0 Å². The maximum absolute atomic E-state index is 12.8. The van der Waals surface area contributed by atoms with E-state index in [0.717, 1.165) is 43.4 Å². The van der Waals surface area contributed by atoms with Gasteiger partial charge in [0.2, 0.25) is 0 Å². The first-order valence-electron chi connectivity index (χ1n) is 11.2. The number of carboxylic acid groups (broad SMARTS) is 1. The first kappa shape index (κ1) is 25.7. The van der Waals surface area contributed by atoms with Crippen LogP contribution in [-0.4, -0.2) is 27.2 Å². The largest absolute Gasteiger partial charge is 0.481 e. The van der Waals surface area contributed by atoms with Crippen LogP contribution >= 0.6 is 15.9 Å². The summed E-state index contributed by atoms with van der Waals surface area (Å²) in [7, 11) is 0. The molecule has 0 saturated heterocycles. The lowest BCUT2D eigenvalue weighted by molar-refractivity contribution is -0.139. The van der Waals surface area contributed by atoms with E-state index < -0.39 is 23.6 Å². The summed E-state index contributed by atoms with van der Waals surface area (Å²) < 4.78 is 43.9. The summed E-state index contributed by atoms with van der Waals surface area (Å²) in [5.41, 5.74) is 1.10. The van der Waals surface area contributed by atoms with Crippen molar-refractivity contribution in [1.29, 1.82) is 0 Å². The minimum atomic E-state index is -4.48. The average molecular weight is 567 g/mol. The number of carbonyl (C=O) groups excluding carboxylic acids is 1. The lowest BCUT2D eigenvalue weighted by atomic mass is 9.77. The van der Waals surface area contributed by atoms with E-state index in [-0.39, 0.29) is 34.4 Å². The molecular formula is C24H22BrF3N4O4. The van der Waals surface area contributed by atoms with Gasteiger partial charge in [0, 0.05) is 16.6 Å².